The molecular weight excluding hydrogens is 320 g/mol. The number of aromatic nitrogens is 2. The summed E-state index contributed by atoms with van der Waals surface area (Å²) >= 11 is 5.66. The number of nitrogen functional groups attached to an aromatic ring is 1. The first-order valence-corrected chi connectivity index (χ1v) is 8.50. The van der Waals surface area contributed by atoms with Crippen molar-refractivity contribution < 1.29 is 4.79 Å². The zero-order valence-corrected chi connectivity index (χ0v) is 14.5. The molecule has 0 atom stereocenters. The molecule has 1 heterocycles. The van der Waals surface area contributed by atoms with Gasteiger partial charge in [0.2, 0.25) is 5.91 Å². The number of amides is 1. The number of carbonyl (C=O) groups is 1. The van der Waals surface area contributed by atoms with E-state index < -0.39 is 17.2 Å². The number of nitrogens with one attached hydrogen (secondary N) is 1. The third-order valence-electron chi connectivity index (χ3n) is 3.62. The average Bonchev–Trinajstić information content (AvgIpc) is 2.52. The minimum Gasteiger partial charge on any atom is -0.383 e. The molecule has 1 aromatic heterocycles. The van der Waals surface area contributed by atoms with Crippen molar-refractivity contribution >= 4 is 29.0 Å². The molecule has 0 unspecified atom stereocenters. The van der Waals surface area contributed by atoms with Gasteiger partial charge in [-0.1, -0.05) is 33.1 Å². The van der Waals surface area contributed by atoms with E-state index in [1.165, 1.54) is 9.47 Å². The number of hydrogen-bond donors (Lipinski definition) is 2. The highest BCUT2D eigenvalue weighted by Crippen LogP contribution is 2.18. The zero-order chi connectivity index (χ0) is 17.4. The summed E-state index contributed by atoms with van der Waals surface area (Å²) in [5, 5.41) is 0. The second-order valence-corrected chi connectivity index (χ2v) is 5.65. The molecule has 130 valence electrons. The van der Waals surface area contributed by atoms with E-state index in [4.69, 9.17) is 17.3 Å². The first-order valence-electron chi connectivity index (χ1n) is 7.96. The Morgan fingerprint density at radius 2 is 1.87 bits per heavy atom. The van der Waals surface area contributed by atoms with Crippen LogP contribution in [0.2, 0.25) is 0 Å². The number of carbonyl (C=O) groups excluding carboxylic acids is 1. The number of nitrogens with two attached hydrogens (primary N) is 1. The number of aromatic amines is 1. The number of hydrogen-bond acceptors (Lipinski definition) is 4. The third-order valence-corrected chi connectivity index (χ3v) is 3.85. The molecule has 0 aliphatic carbocycles. The van der Waals surface area contributed by atoms with Crippen LogP contribution >= 0.6 is 11.6 Å². The molecule has 1 aromatic rings. The molecule has 8 heteroatoms. The number of anilines is 2. The Bertz CT molecular complexity index is 639. The number of nitrogens with zero attached hydrogens (tertiary/aromatic N) is 2. The quantitative estimate of drug-likeness (QED) is 0.525. The lowest BCUT2D eigenvalue weighted by molar-refractivity contribution is -0.116. The molecule has 7 nitrogen and oxygen atoms in total. The third kappa shape index (κ3) is 4.86. The Balaban J connectivity index is 3.31. The van der Waals surface area contributed by atoms with Crippen molar-refractivity contribution in [1.82, 2.24) is 9.55 Å². The second-order valence-electron chi connectivity index (χ2n) is 5.38. The maximum Gasteiger partial charge on any atom is 0.330 e. The zero-order valence-electron chi connectivity index (χ0n) is 13.7. The van der Waals surface area contributed by atoms with Crippen LogP contribution in [0.5, 0.6) is 0 Å². The molecule has 0 saturated heterocycles. The highest BCUT2D eigenvalue weighted by molar-refractivity contribution is 6.29. The Hall–Kier alpha value is -1.76. The van der Waals surface area contributed by atoms with Crippen LogP contribution in [0.3, 0.4) is 0 Å². The maximum atomic E-state index is 12.2. The molecule has 1 amide bonds. The Morgan fingerprint density at radius 1 is 1.22 bits per heavy atom. The lowest BCUT2D eigenvalue weighted by atomic mass is 10.2. The van der Waals surface area contributed by atoms with Crippen LogP contribution in [-0.4, -0.2) is 27.9 Å². The van der Waals surface area contributed by atoms with E-state index in [0.717, 1.165) is 32.1 Å². The molecule has 0 fully saturated rings. The van der Waals surface area contributed by atoms with Gasteiger partial charge >= 0.3 is 5.69 Å². The summed E-state index contributed by atoms with van der Waals surface area (Å²) in [5.74, 6) is -0.637. The summed E-state index contributed by atoms with van der Waals surface area (Å²) < 4.78 is 1.30. The fourth-order valence-electron chi connectivity index (χ4n) is 2.33. The number of alkyl halides is 1. The van der Waals surface area contributed by atoms with E-state index in [1.807, 2.05) is 13.8 Å². The minimum absolute atomic E-state index is 0.0159. The number of halogens is 1. The van der Waals surface area contributed by atoms with E-state index in [2.05, 4.69) is 4.98 Å². The molecule has 0 saturated carbocycles. The maximum absolute atomic E-state index is 12.2. The summed E-state index contributed by atoms with van der Waals surface area (Å²) in [6.07, 6.45) is 4.24. The smallest absolute Gasteiger partial charge is 0.330 e. The predicted octanol–water partition coefficient (Wildman–Crippen LogP) is 1.68. The summed E-state index contributed by atoms with van der Waals surface area (Å²) in [7, 11) is 0. The fourth-order valence-corrected chi connectivity index (χ4v) is 2.47. The van der Waals surface area contributed by atoms with Gasteiger partial charge in [-0.15, -0.1) is 11.6 Å². The van der Waals surface area contributed by atoms with Crippen molar-refractivity contribution in [2.45, 2.75) is 52.5 Å². The van der Waals surface area contributed by atoms with Gasteiger partial charge in [-0.2, -0.15) is 0 Å². The minimum atomic E-state index is -0.657. The molecule has 0 spiro atoms. The lowest BCUT2D eigenvalue weighted by Gasteiger charge is -2.23. The highest BCUT2D eigenvalue weighted by Gasteiger charge is 2.23. The van der Waals surface area contributed by atoms with Gasteiger partial charge in [0.1, 0.15) is 11.7 Å². The van der Waals surface area contributed by atoms with Gasteiger partial charge in [0.25, 0.3) is 5.56 Å². The fraction of sp³-hybridized carbons (Fsp3) is 0.667. The van der Waals surface area contributed by atoms with Crippen LogP contribution in [0, 0.1) is 0 Å². The van der Waals surface area contributed by atoms with E-state index >= 15 is 0 Å². The van der Waals surface area contributed by atoms with Crippen LogP contribution in [0.4, 0.5) is 11.5 Å². The first-order chi connectivity index (χ1) is 11.0. The van der Waals surface area contributed by atoms with Crippen molar-refractivity contribution in [3.05, 3.63) is 20.8 Å². The molecule has 3 N–H and O–H groups in total. The normalized spacial score (nSPS) is 10.7. The molecular formula is C15H25ClN4O3. The van der Waals surface area contributed by atoms with Crippen molar-refractivity contribution in [3.8, 4) is 0 Å². The van der Waals surface area contributed by atoms with Crippen LogP contribution < -0.4 is 21.9 Å². The van der Waals surface area contributed by atoms with Gasteiger partial charge in [0, 0.05) is 13.1 Å². The first kappa shape index (κ1) is 19.3. The van der Waals surface area contributed by atoms with E-state index in [0.29, 0.717) is 13.1 Å². The molecule has 23 heavy (non-hydrogen) atoms. The standard InChI is InChI=1S/C15H25ClN4O3/c1-3-5-7-9-19(11(21)10-16)12-13(17)20(8-6-4-2)15(23)18-14(12)22/h3-10,17H2,1-2H3,(H,18,22,23). The summed E-state index contributed by atoms with van der Waals surface area (Å²) in [6.45, 7) is 4.77. The highest BCUT2D eigenvalue weighted by atomic mass is 35.5. The van der Waals surface area contributed by atoms with E-state index in [1.54, 1.807) is 0 Å². The van der Waals surface area contributed by atoms with Gasteiger partial charge < -0.3 is 10.6 Å². The predicted molar refractivity (Wildman–Crippen MR) is 93.2 cm³/mol. The molecule has 0 aliphatic rings. The number of H-pyrrole nitrogens is 1. The Kier molecular flexibility index (Phi) is 7.88. The molecule has 0 aromatic carbocycles. The van der Waals surface area contributed by atoms with Crippen molar-refractivity contribution in [2.75, 3.05) is 23.1 Å². The largest absolute Gasteiger partial charge is 0.383 e. The van der Waals surface area contributed by atoms with E-state index in [9.17, 15) is 14.4 Å². The second kappa shape index (κ2) is 9.39. The monoisotopic (exact) mass is 344 g/mol. The Labute approximate surface area is 140 Å². The molecule has 1 rings (SSSR count). The SMILES string of the molecule is CCCCCN(C(=O)CCl)c1c(N)n(CCCC)c(=O)[nH]c1=O. The van der Waals surface area contributed by atoms with Crippen LogP contribution in [0.25, 0.3) is 0 Å². The summed E-state index contributed by atoms with van der Waals surface area (Å²) in [6, 6.07) is 0. The van der Waals surface area contributed by atoms with Crippen LogP contribution in [0.15, 0.2) is 9.59 Å². The topological polar surface area (TPSA) is 101 Å². The Morgan fingerprint density at radius 3 is 2.43 bits per heavy atom. The van der Waals surface area contributed by atoms with E-state index in [-0.39, 0.29) is 17.4 Å². The van der Waals surface area contributed by atoms with Gasteiger partial charge in [-0.25, -0.2) is 4.79 Å². The molecule has 0 bridgehead atoms. The van der Waals surface area contributed by atoms with Gasteiger partial charge in [0.15, 0.2) is 5.69 Å². The van der Waals surface area contributed by atoms with Gasteiger partial charge in [-0.05, 0) is 12.8 Å². The van der Waals surface area contributed by atoms with Gasteiger partial charge in [0.05, 0.1) is 0 Å². The number of unbranched alkanes of at least 4 members (excludes halogenated alkanes) is 3. The van der Waals surface area contributed by atoms with Gasteiger partial charge in [-0.3, -0.25) is 19.1 Å². The van der Waals surface area contributed by atoms with Crippen LogP contribution in [0.1, 0.15) is 46.0 Å². The average molecular weight is 345 g/mol. The van der Waals surface area contributed by atoms with Crippen molar-refractivity contribution in [3.63, 3.8) is 0 Å². The molecule has 0 aliphatic heterocycles. The van der Waals surface area contributed by atoms with Crippen molar-refractivity contribution in [2.24, 2.45) is 0 Å². The summed E-state index contributed by atoms with van der Waals surface area (Å²) in [4.78, 5) is 39.8. The molecule has 0 radical (unpaired) electrons. The summed E-state index contributed by atoms with van der Waals surface area (Å²) in [5.41, 5.74) is 4.83. The number of rotatable bonds is 9. The van der Waals surface area contributed by atoms with Crippen LogP contribution in [-0.2, 0) is 11.3 Å². The van der Waals surface area contributed by atoms with Crippen molar-refractivity contribution in [1.29, 1.82) is 0 Å². The lowest BCUT2D eigenvalue weighted by Crippen LogP contribution is -2.42.